The van der Waals surface area contributed by atoms with Gasteiger partial charge in [-0.15, -0.1) is 0 Å². The summed E-state index contributed by atoms with van der Waals surface area (Å²) in [5, 5.41) is 4.50. The van der Waals surface area contributed by atoms with Gasteiger partial charge in [0.1, 0.15) is 12.3 Å². The zero-order chi connectivity index (χ0) is 10.5. The lowest BCUT2D eigenvalue weighted by Crippen LogP contribution is -2.02. The Kier molecular flexibility index (Phi) is 3.62. The highest BCUT2D eigenvalue weighted by molar-refractivity contribution is 6.33. The summed E-state index contributed by atoms with van der Waals surface area (Å²) in [6.45, 7) is 0. The summed E-state index contributed by atoms with van der Waals surface area (Å²) >= 11 is 5.94. The van der Waals surface area contributed by atoms with Crippen LogP contribution in [0.3, 0.4) is 0 Å². The van der Waals surface area contributed by atoms with E-state index in [2.05, 4.69) is 11.4 Å². The van der Waals surface area contributed by atoms with Crippen LogP contribution in [0.4, 0.5) is 0 Å². The predicted octanol–water partition coefficient (Wildman–Crippen LogP) is 3.51. The molecular formula is C12H13ClNO. The molecular weight excluding hydrogens is 210 g/mol. The maximum atomic E-state index is 5.94. The minimum Gasteiger partial charge on any atom is -0.392 e. The van der Waals surface area contributed by atoms with Crippen molar-refractivity contribution in [1.29, 1.82) is 0 Å². The minimum absolute atomic E-state index is 0.278. The van der Waals surface area contributed by atoms with Crippen LogP contribution in [0, 0.1) is 0 Å². The van der Waals surface area contributed by atoms with Crippen molar-refractivity contribution in [2.24, 2.45) is 5.16 Å². The van der Waals surface area contributed by atoms with Gasteiger partial charge in [-0.25, -0.2) is 0 Å². The number of rotatable bonds is 3. The standard InChI is InChI=1S/C12H13ClNO/c13-12-8-4-1-5-10(12)9-14-15-11-6-2-3-7-11/h1,4-5,8,11H,2-3,6-7H2. The smallest absolute Gasteiger partial charge is 0.141 e. The second-order valence-corrected chi connectivity index (χ2v) is 4.10. The van der Waals surface area contributed by atoms with E-state index < -0.39 is 0 Å². The molecule has 1 radical (unpaired) electrons. The molecule has 0 atom stereocenters. The van der Waals surface area contributed by atoms with Gasteiger partial charge in [-0.3, -0.25) is 0 Å². The van der Waals surface area contributed by atoms with Gasteiger partial charge in [0.15, 0.2) is 0 Å². The van der Waals surface area contributed by atoms with Gasteiger partial charge < -0.3 is 4.84 Å². The van der Waals surface area contributed by atoms with Crippen LogP contribution in [-0.4, -0.2) is 12.3 Å². The first-order valence-electron chi connectivity index (χ1n) is 5.22. The molecule has 0 bridgehead atoms. The third-order valence-corrected chi connectivity index (χ3v) is 2.87. The lowest BCUT2D eigenvalue weighted by molar-refractivity contribution is 0.0657. The van der Waals surface area contributed by atoms with Crippen molar-refractivity contribution in [1.82, 2.24) is 0 Å². The van der Waals surface area contributed by atoms with Crippen LogP contribution in [0.2, 0.25) is 5.02 Å². The molecule has 0 spiro atoms. The largest absolute Gasteiger partial charge is 0.392 e. The van der Waals surface area contributed by atoms with E-state index in [0.717, 1.165) is 18.4 Å². The molecule has 15 heavy (non-hydrogen) atoms. The van der Waals surface area contributed by atoms with Gasteiger partial charge in [0.2, 0.25) is 0 Å². The topological polar surface area (TPSA) is 21.6 Å². The molecule has 1 aromatic rings. The highest BCUT2D eigenvalue weighted by atomic mass is 35.5. The van der Waals surface area contributed by atoms with E-state index in [1.807, 2.05) is 24.3 Å². The molecule has 1 aliphatic carbocycles. The molecule has 0 saturated heterocycles. The average Bonchev–Trinajstić information content (AvgIpc) is 2.74. The van der Waals surface area contributed by atoms with E-state index in [-0.39, 0.29) is 6.10 Å². The Morgan fingerprint density at radius 2 is 2.00 bits per heavy atom. The van der Waals surface area contributed by atoms with E-state index >= 15 is 0 Å². The average molecular weight is 223 g/mol. The molecule has 0 heterocycles. The third kappa shape index (κ3) is 2.96. The maximum absolute atomic E-state index is 5.94. The van der Waals surface area contributed by atoms with Gasteiger partial charge in [-0.2, -0.15) is 0 Å². The van der Waals surface area contributed by atoms with Crippen LogP contribution in [0.1, 0.15) is 31.2 Å². The van der Waals surface area contributed by atoms with E-state index in [1.165, 1.54) is 12.8 Å². The lowest BCUT2D eigenvalue weighted by atomic mass is 10.2. The monoisotopic (exact) mass is 222 g/mol. The first-order chi connectivity index (χ1) is 7.36. The zero-order valence-electron chi connectivity index (χ0n) is 8.45. The van der Waals surface area contributed by atoms with Crippen molar-refractivity contribution in [3.05, 3.63) is 34.9 Å². The summed E-state index contributed by atoms with van der Waals surface area (Å²) in [7, 11) is 0. The van der Waals surface area contributed by atoms with Gasteiger partial charge in [0.25, 0.3) is 0 Å². The molecule has 0 N–H and O–H groups in total. The summed E-state index contributed by atoms with van der Waals surface area (Å²) < 4.78 is 0. The van der Waals surface area contributed by atoms with Gasteiger partial charge in [-0.05, 0) is 31.7 Å². The van der Waals surface area contributed by atoms with E-state index in [1.54, 1.807) is 0 Å². The van der Waals surface area contributed by atoms with Crippen molar-refractivity contribution < 1.29 is 4.84 Å². The molecule has 1 aliphatic rings. The van der Waals surface area contributed by atoms with Crippen molar-refractivity contribution in [3.63, 3.8) is 0 Å². The molecule has 1 saturated carbocycles. The van der Waals surface area contributed by atoms with Gasteiger partial charge in [0.05, 0.1) is 5.02 Å². The summed E-state index contributed by atoms with van der Waals surface area (Å²) in [5.41, 5.74) is 0.775. The molecule has 2 nitrogen and oxygen atoms in total. The lowest BCUT2D eigenvalue weighted by Gasteiger charge is -2.04. The predicted molar refractivity (Wildman–Crippen MR) is 61.3 cm³/mol. The number of hydrogen-bond acceptors (Lipinski definition) is 2. The molecule has 0 unspecified atom stereocenters. The van der Waals surface area contributed by atoms with Gasteiger partial charge in [-0.1, -0.05) is 35.0 Å². The Labute approximate surface area is 94.9 Å². The number of hydrogen-bond donors (Lipinski definition) is 0. The fourth-order valence-corrected chi connectivity index (χ4v) is 1.87. The Bertz CT molecular complexity index is 345. The highest BCUT2D eigenvalue weighted by Gasteiger charge is 2.15. The molecule has 1 aromatic carbocycles. The van der Waals surface area contributed by atoms with Gasteiger partial charge >= 0.3 is 0 Å². The second-order valence-electron chi connectivity index (χ2n) is 3.69. The molecule has 0 aliphatic heterocycles. The van der Waals surface area contributed by atoms with Crippen molar-refractivity contribution >= 4 is 17.8 Å². The van der Waals surface area contributed by atoms with Crippen LogP contribution in [-0.2, 0) is 4.84 Å². The van der Waals surface area contributed by atoms with Crippen LogP contribution in [0.15, 0.2) is 29.4 Å². The van der Waals surface area contributed by atoms with Crippen molar-refractivity contribution in [2.45, 2.75) is 31.8 Å². The minimum atomic E-state index is 0.278. The summed E-state index contributed by atoms with van der Waals surface area (Å²) in [6.07, 6.45) is 7.78. The Balaban J connectivity index is 1.90. The maximum Gasteiger partial charge on any atom is 0.141 e. The quantitative estimate of drug-likeness (QED) is 0.567. The fraction of sp³-hybridized carbons (Fsp3) is 0.417. The van der Waals surface area contributed by atoms with Crippen LogP contribution in [0.25, 0.3) is 0 Å². The second kappa shape index (κ2) is 5.17. The first-order valence-corrected chi connectivity index (χ1v) is 5.60. The van der Waals surface area contributed by atoms with Crippen LogP contribution < -0.4 is 0 Å². The third-order valence-electron chi connectivity index (χ3n) is 2.54. The number of halogens is 1. The molecule has 2 rings (SSSR count). The summed E-state index contributed by atoms with van der Waals surface area (Å²) in [6, 6.07) is 7.46. The summed E-state index contributed by atoms with van der Waals surface area (Å²) in [5.74, 6) is 0. The molecule has 3 heteroatoms. The van der Waals surface area contributed by atoms with Crippen LogP contribution >= 0.6 is 11.6 Å². The molecule has 79 valence electrons. The fourth-order valence-electron chi connectivity index (χ4n) is 1.70. The molecule has 1 fully saturated rings. The normalized spacial score (nSPS) is 17.4. The molecule has 0 aromatic heterocycles. The zero-order valence-corrected chi connectivity index (χ0v) is 9.20. The van der Waals surface area contributed by atoms with Gasteiger partial charge in [0, 0.05) is 5.56 Å². The molecule has 0 amide bonds. The Morgan fingerprint density at radius 1 is 1.27 bits per heavy atom. The number of nitrogens with zero attached hydrogens (tertiary/aromatic N) is 1. The number of benzene rings is 1. The highest BCUT2D eigenvalue weighted by Crippen LogP contribution is 2.21. The SMILES string of the molecule is Clc1ccccc1/[C]=N/OC1CCCC1. The first kappa shape index (κ1) is 10.5. The van der Waals surface area contributed by atoms with E-state index in [4.69, 9.17) is 16.4 Å². The van der Waals surface area contributed by atoms with E-state index in [0.29, 0.717) is 5.02 Å². The Morgan fingerprint density at radius 3 is 2.73 bits per heavy atom. The van der Waals surface area contributed by atoms with E-state index in [9.17, 15) is 0 Å². The van der Waals surface area contributed by atoms with Crippen molar-refractivity contribution in [3.8, 4) is 0 Å². The van der Waals surface area contributed by atoms with Crippen LogP contribution in [0.5, 0.6) is 0 Å². The van der Waals surface area contributed by atoms with Crippen molar-refractivity contribution in [2.75, 3.05) is 0 Å². The Hall–Kier alpha value is -1.02. The summed E-state index contributed by atoms with van der Waals surface area (Å²) in [4.78, 5) is 5.32.